The molecule has 3 fully saturated rings. The van der Waals surface area contributed by atoms with Gasteiger partial charge in [-0.1, -0.05) is 0 Å². The van der Waals surface area contributed by atoms with Crippen LogP contribution < -0.4 is 30.0 Å². The fourth-order valence-corrected chi connectivity index (χ4v) is 5.91. The molecule has 1 saturated carbocycles. The molecular formula is C31H33FN4O9. The zero-order valence-corrected chi connectivity index (χ0v) is 24.7. The number of aromatic nitrogens is 1. The van der Waals surface area contributed by atoms with Gasteiger partial charge in [0.05, 0.1) is 49.0 Å². The number of pyridine rings is 1. The molecular weight excluding hydrogens is 591 g/mol. The number of hydrogen-bond acceptors (Lipinski definition) is 9. The highest BCUT2D eigenvalue weighted by atomic mass is 19.1. The van der Waals surface area contributed by atoms with E-state index in [0.717, 1.165) is 18.9 Å². The predicted octanol–water partition coefficient (Wildman–Crippen LogP) is 2.66. The first kappa shape index (κ1) is 30.2. The Hall–Kier alpha value is -4.85. The number of fused-ring (bicyclic) bond motifs is 1. The van der Waals surface area contributed by atoms with Gasteiger partial charge in [-0.15, -0.1) is 0 Å². The molecule has 13 nitrogen and oxygen atoms in total. The van der Waals surface area contributed by atoms with Gasteiger partial charge in [0.2, 0.25) is 11.3 Å². The lowest BCUT2D eigenvalue weighted by molar-refractivity contribution is -0.119. The number of carboxylic acids is 1. The van der Waals surface area contributed by atoms with E-state index in [4.69, 9.17) is 14.2 Å². The number of rotatable bonds is 10. The summed E-state index contributed by atoms with van der Waals surface area (Å²) in [6, 6.07) is 7.37. The number of aromatic carboxylic acids is 1. The van der Waals surface area contributed by atoms with Crippen LogP contribution in [0.5, 0.6) is 11.5 Å². The summed E-state index contributed by atoms with van der Waals surface area (Å²) in [5.41, 5.74) is -0.838. The number of benzene rings is 2. The number of cyclic esters (lactones) is 1. The second kappa shape index (κ2) is 11.6. The van der Waals surface area contributed by atoms with Crippen LogP contribution in [0, 0.1) is 5.82 Å². The number of nitrogens with one attached hydrogen (secondary N) is 1. The Morgan fingerprint density at radius 1 is 1.20 bits per heavy atom. The lowest BCUT2D eigenvalue weighted by atomic mass is 10.1. The Labute approximate surface area is 256 Å². The zero-order valence-electron chi connectivity index (χ0n) is 24.7. The molecule has 2 aromatic carbocycles. The molecule has 2 atom stereocenters. The average molecular weight is 625 g/mol. The van der Waals surface area contributed by atoms with Crippen molar-refractivity contribution in [1.82, 2.24) is 9.88 Å². The largest absolute Gasteiger partial charge is 0.492 e. The quantitative estimate of drug-likeness (QED) is 0.306. The van der Waals surface area contributed by atoms with E-state index in [1.54, 1.807) is 16.7 Å². The maximum Gasteiger partial charge on any atom is 0.414 e. The Bertz CT molecular complexity index is 1760. The van der Waals surface area contributed by atoms with E-state index in [1.165, 1.54) is 37.3 Å². The van der Waals surface area contributed by atoms with E-state index in [1.807, 2.05) is 4.90 Å². The molecule has 3 aromatic rings. The number of methoxy groups -OCH3 is 1. The lowest BCUT2D eigenvalue weighted by Crippen LogP contribution is -2.39. The summed E-state index contributed by atoms with van der Waals surface area (Å²) in [6.07, 6.45) is 2.16. The van der Waals surface area contributed by atoms with Gasteiger partial charge in [0.1, 0.15) is 23.9 Å². The third-order valence-electron chi connectivity index (χ3n) is 8.35. The van der Waals surface area contributed by atoms with Crippen molar-refractivity contribution in [2.45, 2.75) is 43.9 Å². The molecule has 0 bridgehead atoms. The van der Waals surface area contributed by atoms with E-state index < -0.39 is 35.0 Å². The number of amides is 2. The number of carboxylic acid groups (broad SMARTS) is 1. The van der Waals surface area contributed by atoms with Crippen LogP contribution in [0.15, 0.2) is 41.3 Å². The number of halogens is 1. The highest BCUT2D eigenvalue weighted by Crippen LogP contribution is 2.43. The first-order valence-electron chi connectivity index (χ1n) is 14.6. The van der Waals surface area contributed by atoms with Crippen LogP contribution in [0.2, 0.25) is 0 Å². The summed E-state index contributed by atoms with van der Waals surface area (Å²) >= 11 is 0. The van der Waals surface area contributed by atoms with E-state index in [-0.39, 0.29) is 60.6 Å². The van der Waals surface area contributed by atoms with E-state index in [2.05, 4.69) is 5.32 Å². The summed E-state index contributed by atoms with van der Waals surface area (Å²) in [4.78, 5) is 51.4. The first-order chi connectivity index (χ1) is 21.5. The van der Waals surface area contributed by atoms with Gasteiger partial charge in [-0.2, -0.15) is 0 Å². The Balaban J connectivity index is 1.17. The predicted molar refractivity (Wildman–Crippen MR) is 160 cm³/mol. The minimum atomic E-state index is -1.34. The van der Waals surface area contributed by atoms with Gasteiger partial charge in [-0.25, -0.2) is 14.0 Å². The molecule has 238 valence electrons. The number of ether oxygens (including phenoxy) is 3. The number of carbonyl (C=O) groups is 3. The van der Waals surface area contributed by atoms with Crippen LogP contribution in [0.1, 0.15) is 42.6 Å². The van der Waals surface area contributed by atoms with Crippen molar-refractivity contribution in [1.29, 1.82) is 0 Å². The molecule has 2 saturated heterocycles. The molecule has 1 aromatic heterocycles. The van der Waals surface area contributed by atoms with Crippen LogP contribution in [0.4, 0.5) is 20.6 Å². The number of aliphatic hydroxyl groups is 1. The molecule has 2 amide bonds. The van der Waals surface area contributed by atoms with Gasteiger partial charge in [0.15, 0.2) is 17.3 Å². The van der Waals surface area contributed by atoms with Crippen molar-refractivity contribution in [3.05, 3.63) is 58.1 Å². The van der Waals surface area contributed by atoms with E-state index >= 15 is 4.39 Å². The maximum absolute atomic E-state index is 15.1. The van der Waals surface area contributed by atoms with Gasteiger partial charge in [0.25, 0.3) is 0 Å². The number of β-amino-alcohol motifs (C(OH)–C–C–N with tert-alkyl or cyclic N) is 1. The highest BCUT2D eigenvalue weighted by Gasteiger charge is 2.39. The lowest BCUT2D eigenvalue weighted by Gasteiger charge is -2.27. The van der Waals surface area contributed by atoms with Crippen LogP contribution in [0.3, 0.4) is 0 Å². The van der Waals surface area contributed by atoms with Crippen molar-refractivity contribution in [3.8, 4) is 11.5 Å². The van der Waals surface area contributed by atoms with Crippen molar-refractivity contribution >= 4 is 40.2 Å². The van der Waals surface area contributed by atoms with Gasteiger partial charge in [0, 0.05) is 31.8 Å². The molecule has 1 aliphatic carbocycles. The molecule has 45 heavy (non-hydrogen) atoms. The summed E-state index contributed by atoms with van der Waals surface area (Å²) in [6.45, 7) is 1.98. The number of nitrogens with zero attached hydrogens (tertiary/aromatic N) is 3. The topological polar surface area (TPSA) is 160 Å². The molecule has 14 heteroatoms. The SMILES string of the molecule is COc1c(N2CCC(O)(COc3ccc(N4C[C@H](CNC(C)=O)OC4=O)cc3F)C2)ccc2c(=O)c(C(=O)O)cn(C3CC3)c12. The van der Waals surface area contributed by atoms with Gasteiger partial charge in [-0.3, -0.25) is 14.5 Å². The normalized spacial score (nSPS) is 21.2. The number of carbonyl (C=O) groups excluding carboxylic acids is 2. The van der Waals surface area contributed by atoms with Crippen molar-refractivity contribution < 1.29 is 43.2 Å². The van der Waals surface area contributed by atoms with Crippen molar-refractivity contribution in [3.63, 3.8) is 0 Å². The molecule has 6 rings (SSSR count). The summed E-state index contributed by atoms with van der Waals surface area (Å²) < 4.78 is 33.6. The maximum atomic E-state index is 15.1. The fourth-order valence-electron chi connectivity index (χ4n) is 5.91. The van der Waals surface area contributed by atoms with E-state index in [0.29, 0.717) is 29.9 Å². The third-order valence-corrected chi connectivity index (χ3v) is 8.35. The Morgan fingerprint density at radius 3 is 2.64 bits per heavy atom. The van der Waals surface area contributed by atoms with Crippen LogP contribution in [-0.2, 0) is 9.53 Å². The average Bonchev–Trinajstić information content (AvgIpc) is 3.67. The van der Waals surface area contributed by atoms with Crippen LogP contribution in [0.25, 0.3) is 10.9 Å². The minimum absolute atomic E-state index is 0.0572. The third kappa shape index (κ3) is 5.84. The fraction of sp³-hybridized carbons (Fsp3) is 0.419. The Morgan fingerprint density at radius 2 is 1.98 bits per heavy atom. The van der Waals surface area contributed by atoms with Crippen molar-refractivity contribution in [2.75, 3.05) is 49.7 Å². The standard InChI is InChI=1S/C31H33FN4O9/c1-17(37)33-12-20-13-36(30(41)45-20)19-5-8-25(23(32)11-19)44-16-31(42)9-10-34(15-31)24-7-6-21-26(28(24)43-2)35(18-3-4-18)14-22(27(21)38)29(39)40/h5-8,11,14,18,20,42H,3-4,9-10,12-13,15-16H2,1-2H3,(H,33,37)(H,39,40)/t20-,31?/m0/s1. The summed E-state index contributed by atoms with van der Waals surface area (Å²) in [5.74, 6) is -1.96. The second-order valence-corrected chi connectivity index (χ2v) is 11.7. The van der Waals surface area contributed by atoms with Gasteiger partial charge >= 0.3 is 12.1 Å². The molecule has 0 radical (unpaired) electrons. The molecule has 3 N–H and O–H groups in total. The summed E-state index contributed by atoms with van der Waals surface area (Å²) in [5, 5.41) is 23.8. The van der Waals surface area contributed by atoms with Crippen molar-refractivity contribution in [2.24, 2.45) is 0 Å². The van der Waals surface area contributed by atoms with Crippen LogP contribution in [-0.4, -0.2) is 84.4 Å². The highest BCUT2D eigenvalue weighted by molar-refractivity contribution is 5.97. The zero-order chi connectivity index (χ0) is 32.0. The number of hydrogen-bond donors (Lipinski definition) is 3. The Kier molecular flexibility index (Phi) is 7.77. The molecule has 0 spiro atoms. The van der Waals surface area contributed by atoms with Gasteiger partial charge in [-0.05, 0) is 43.5 Å². The monoisotopic (exact) mass is 624 g/mol. The molecule has 1 unspecified atom stereocenters. The minimum Gasteiger partial charge on any atom is -0.492 e. The van der Waals surface area contributed by atoms with E-state index in [9.17, 15) is 29.4 Å². The molecule has 2 aliphatic heterocycles. The second-order valence-electron chi connectivity index (χ2n) is 11.7. The smallest absolute Gasteiger partial charge is 0.414 e. The van der Waals surface area contributed by atoms with Gasteiger partial charge < -0.3 is 39.2 Å². The first-order valence-corrected chi connectivity index (χ1v) is 14.6. The molecule has 3 aliphatic rings. The van der Waals surface area contributed by atoms with Crippen LogP contribution >= 0.6 is 0 Å². The number of anilines is 2. The summed E-state index contributed by atoms with van der Waals surface area (Å²) in [7, 11) is 1.48. The molecule has 3 heterocycles.